The van der Waals surface area contributed by atoms with E-state index in [-0.39, 0.29) is 13.0 Å². The van der Waals surface area contributed by atoms with Gasteiger partial charge in [-0.1, -0.05) is 12.1 Å². The number of ether oxygens (including phenoxy) is 1. The van der Waals surface area contributed by atoms with Crippen LogP contribution < -0.4 is 5.73 Å². The minimum absolute atomic E-state index is 0.00384. The number of hydrogen-bond acceptors (Lipinski definition) is 3. The van der Waals surface area contributed by atoms with Gasteiger partial charge in [-0.2, -0.15) is 0 Å². The lowest BCUT2D eigenvalue weighted by atomic mass is 10.1. The van der Waals surface area contributed by atoms with Crippen LogP contribution in [0.15, 0.2) is 24.3 Å². The number of nitrogen functional groups attached to an aromatic ring is 1. The molecule has 3 nitrogen and oxygen atoms in total. The first-order valence-corrected chi connectivity index (χ1v) is 4.78. The smallest absolute Gasteiger partial charge is 0.341 e. The van der Waals surface area contributed by atoms with E-state index in [1.807, 2.05) is 0 Å². The van der Waals surface area contributed by atoms with Crippen molar-refractivity contribution in [2.45, 2.75) is 19.5 Å². The third-order valence-electron chi connectivity index (χ3n) is 1.91. The molecule has 1 atom stereocenters. The molecule has 1 rings (SSSR count). The molecule has 0 saturated carbocycles. The Morgan fingerprint density at radius 1 is 1.60 bits per heavy atom. The van der Waals surface area contributed by atoms with Gasteiger partial charge in [-0.15, -0.1) is 0 Å². The van der Waals surface area contributed by atoms with E-state index in [0.29, 0.717) is 11.3 Å². The molecule has 0 spiro atoms. The van der Waals surface area contributed by atoms with Crippen LogP contribution in [-0.4, -0.2) is 18.7 Å². The van der Waals surface area contributed by atoms with Crippen molar-refractivity contribution in [3.8, 4) is 0 Å². The molecule has 0 saturated heterocycles. The number of benzene rings is 1. The molecule has 0 bridgehead atoms. The normalized spacial score (nSPS) is 12.1. The Morgan fingerprint density at radius 2 is 2.33 bits per heavy atom. The molecular weight excluding hydrogens is 197 g/mol. The van der Waals surface area contributed by atoms with Crippen molar-refractivity contribution >= 4 is 11.7 Å². The van der Waals surface area contributed by atoms with Gasteiger partial charge in [0.25, 0.3) is 0 Å². The SMILES string of the molecule is CCOC(=O)C(F)Cc1cccc(N)c1. The summed E-state index contributed by atoms with van der Waals surface area (Å²) in [7, 11) is 0. The Labute approximate surface area is 88.0 Å². The van der Waals surface area contributed by atoms with E-state index in [0.717, 1.165) is 0 Å². The summed E-state index contributed by atoms with van der Waals surface area (Å²) in [6.07, 6.45) is -1.61. The van der Waals surface area contributed by atoms with Crippen LogP contribution in [0.2, 0.25) is 0 Å². The summed E-state index contributed by atoms with van der Waals surface area (Å²) in [4.78, 5) is 11.0. The minimum atomic E-state index is -1.62. The third-order valence-corrected chi connectivity index (χ3v) is 1.91. The maximum Gasteiger partial charge on any atom is 0.341 e. The average Bonchev–Trinajstić information content (AvgIpc) is 2.18. The molecule has 0 radical (unpaired) electrons. The standard InChI is InChI=1S/C11H14FNO2/c1-2-15-11(14)10(12)7-8-4-3-5-9(13)6-8/h3-6,10H,2,7,13H2,1H3. The van der Waals surface area contributed by atoms with Crippen molar-refractivity contribution in [1.82, 2.24) is 0 Å². The highest BCUT2D eigenvalue weighted by atomic mass is 19.1. The van der Waals surface area contributed by atoms with Crippen molar-refractivity contribution in [3.63, 3.8) is 0 Å². The number of nitrogens with two attached hydrogens (primary N) is 1. The van der Waals surface area contributed by atoms with E-state index in [4.69, 9.17) is 5.73 Å². The quantitative estimate of drug-likeness (QED) is 0.609. The molecule has 2 N–H and O–H groups in total. The first-order valence-electron chi connectivity index (χ1n) is 4.78. The van der Waals surface area contributed by atoms with Gasteiger partial charge >= 0.3 is 5.97 Å². The van der Waals surface area contributed by atoms with Gasteiger partial charge in [-0.3, -0.25) is 0 Å². The van der Waals surface area contributed by atoms with E-state index in [2.05, 4.69) is 4.74 Å². The maximum absolute atomic E-state index is 13.3. The van der Waals surface area contributed by atoms with Gasteiger partial charge < -0.3 is 10.5 Å². The zero-order valence-corrected chi connectivity index (χ0v) is 8.57. The van der Waals surface area contributed by atoms with Crippen LogP contribution in [0.5, 0.6) is 0 Å². The summed E-state index contributed by atoms with van der Waals surface area (Å²) in [5, 5.41) is 0. The lowest BCUT2D eigenvalue weighted by Gasteiger charge is -2.07. The van der Waals surface area contributed by atoms with Crippen LogP contribution in [0.4, 0.5) is 10.1 Å². The lowest BCUT2D eigenvalue weighted by Crippen LogP contribution is -2.21. The molecule has 0 fully saturated rings. The predicted octanol–water partition coefficient (Wildman–Crippen LogP) is 1.71. The Kier molecular flexibility index (Phi) is 4.09. The molecule has 1 aromatic carbocycles. The van der Waals surface area contributed by atoms with Crippen LogP contribution in [-0.2, 0) is 16.0 Å². The molecule has 15 heavy (non-hydrogen) atoms. The van der Waals surface area contributed by atoms with Crippen LogP contribution >= 0.6 is 0 Å². The van der Waals surface area contributed by atoms with Crippen molar-refractivity contribution < 1.29 is 13.9 Å². The molecule has 0 heterocycles. The Balaban J connectivity index is 2.58. The van der Waals surface area contributed by atoms with Crippen molar-refractivity contribution in [1.29, 1.82) is 0 Å². The van der Waals surface area contributed by atoms with Gasteiger partial charge in [-0.05, 0) is 24.6 Å². The van der Waals surface area contributed by atoms with E-state index >= 15 is 0 Å². The van der Waals surface area contributed by atoms with Crippen LogP contribution in [0, 0.1) is 0 Å². The van der Waals surface area contributed by atoms with E-state index in [1.165, 1.54) is 0 Å². The minimum Gasteiger partial charge on any atom is -0.464 e. The molecule has 0 aliphatic rings. The highest BCUT2D eigenvalue weighted by Gasteiger charge is 2.18. The number of rotatable bonds is 4. The number of esters is 1. The van der Waals surface area contributed by atoms with Crippen molar-refractivity contribution in [3.05, 3.63) is 29.8 Å². The van der Waals surface area contributed by atoms with Gasteiger partial charge in [0.05, 0.1) is 6.61 Å². The Morgan fingerprint density at radius 3 is 2.93 bits per heavy atom. The zero-order valence-electron chi connectivity index (χ0n) is 8.57. The summed E-state index contributed by atoms with van der Waals surface area (Å²) in [5.41, 5.74) is 6.78. The first kappa shape index (κ1) is 11.5. The Bertz CT molecular complexity index is 341. The third kappa shape index (κ3) is 3.58. The average molecular weight is 211 g/mol. The van der Waals surface area contributed by atoms with Gasteiger partial charge in [-0.25, -0.2) is 9.18 Å². The molecule has 82 valence electrons. The van der Waals surface area contributed by atoms with Crippen LogP contribution in [0.1, 0.15) is 12.5 Å². The largest absolute Gasteiger partial charge is 0.464 e. The summed E-state index contributed by atoms with van der Waals surface area (Å²) in [5.74, 6) is -0.820. The summed E-state index contributed by atoms with van der Waals surface area (Å²) in [6.45, 7) is 1.83. The van der Waals surface area contributed by atoms with Gasteiger partial charge in [0.15, 0.2) is 0 Å². The zero-order chi connectivity index (χ0) is 11.3. The fraction of sp³-hybridized carbons (Fsp3) is 0.364. The second-order valence-electron chi connectivity index (χ2n) is 3.17. The number of hydrogen-bond donors (Lipinski definition) is 1. The summed E-state index contributed by atoms with van der Waals surface area (Å²) in [6, 6.07) is 6.80. The van der Waals surface area contributed by atoms with Gasteiger partial charge in [0, 0.05) is 12.1 Å². The number of carbonyl (C=O) groups excluding carboxylic acids is 1. The molecule has 0 aliphatic heterocycles. The van der Waals surface area contributed by atoms with Gasteiger partial charge in [0.2, 0.25) is 6.17 Å². The maximum atomic E-state index is 13.3. The summed E-state index contributed by atoms with van der Waals surface area (Å²) >= 11 is 0. The van der Waals surface area contributed by atoms with Gasteiger partial charge in [0.1, 0.15) is 0 Å². The second kappa shape index (κ2) is 5.34. The molecule has 4 heteroatoms. The number of carbonyl (C=O) groups is 1. The van der Waals surface area contributed by atoms with Crippen LogP contribution in [0.25, 0.3) is 0 Å². The number of halogens is 1. The molecule has 1 aromatic rings. The fourth-order valence-corrected chi connectivity index (χ4v) is 1.24. The van der Waals surface area contributed by atoms with Crippen LogP contribution in [0.3, 0.4) is 0 Å². The lowest BCUT2D eigenvalue weighted by molar-refractivity contribution is -0.149. The number of anilines is 1. The molecule has 0 aliphatic carbocycles. The van der Waals surface area contributed by atoms with E-state index < -0.39 is 12.1 Å². The van der Waals surface area contributed by atoms with E-state index in [1.54, 1.807) is 31.2 Å². The number of alkyl halides is 1. The highest BCUT2D eigenvalue weighted by molar-refractivity contribution is 5.74. The fourth-order valence-electron chi connectivity index (χ4n) is 1.24. The second-order valence-corrected chi connectivity index (χ2v) is 3.17. The molecule has 0 aromatic heterocycles. The molecular formula is C11H14FNO2. The first-order chi connectivity index (χ1) is 7.13. The van der Waals surface area contributed by atoms with Crippen molar-refractivity contribution in [2.24, 2.45) is 0 Å². The highest BCUT2D eigenvalue weighted by Crippen LogP contribution is 2.11. The molecule has 0 amide bonds. The van der Waals surface area contributed by atoms with Crippen molar-refractivity contribution in [2.75, 3.05) is 12.3 Å². The topological polar surface area (TPSA) is 52.3 Å². The van der Waals surface area contributed by atoms with E-state index in [9.17, 15) is 9.18 Å². The Hall–Kier alpha value is -1.58. The monoisotopic (exact) mass is 211 g/mol. The summed E-state index contributed by atoms with van der Waals surface area (Å²) < 4.78 is 17.8. The predicted molar refractivity (Wildman–Crippen MR) is 56.1 cm³/mol. The molecule has 1 unspecified atom stereocenters.